The number of anilines is 1. The number of ether oxygens (including phenoxy) is 1. The van der Waals surface area contributed by atoms with Crippen LogP contribution in [-0.2, 0) is 24.2 Å². The fourth-order valence-electron chi connectivity index (χ4n) is 2.97. The van der Waals surface area contributed by atoms with Gasteiger partial charge >= 0.3 is 0 Å². The van der Waals surface area contributed by atoms with Crippen molar-refractivity contribution in [3.05, 3.63) is 81.6 Å². The Balaban J connectivity index is 1.57. The van der Waals surface area contributed by atoms with Gasteiger partial charge in [0, 0.05) is 11.0 Å². The zero-order valence-corrected chi connectivity index (χ0v) is 18.9. The van der Waals surface area contributed by atoms with Crippen LogP contribution < -0.4 is 15.4 Å². The van der Waals surface area contributed by atoms with Gasteiger partial charge in [-0.25, -0.2) is 9.37 Å². The molecule has 1 amide bonds. The number of hydrogen-bond acceptors (Lipinski definition) is 6. The fraction of sp³-hybridized carbons (Fsp3) is 0.217. The van der Waals surface area contributed by atoms with Crippen molar-refractivity contribution in [1.29, 1.82) is 5.26 Å². The average Bonchev–Trinajstić information content (AvgIpc) is 2.79. The third-order valence-electron chi connectivity index (χ3n) is 4.62. The summed E-state index contributed by atoms with van der Waals surface area (Å²) in [6.07, 6.45) is 3.49. The number of nitrogens with zero attached hydrogens (tertiary/aromatic N) is 3. The van der Waals surface area contributed by atoms with Gasteiger partial charge in [-0.15, -0.1) is 0 Å². The Hall–Kier alpha value is -3.35. The van der Waals surface area contributed by atoms with Crippen LogP contribution in [0.3, 0.4) is 0 Å². The molecule has 164 valence electrons. The number of benzene rings is 2. The number of halogens is 2. The first-order valence-electron chi connectivity index (χ1n) is 9.81. The summed E-state index contributed by atoms with van der Waals surface area (Å²) < 4.78 is 19.3. The van der Waals surface area contributed by atoms with Crippen LogP contribution in [0.5, 0.6) is 5.75 Å². The molecule has 2 N–H and O–H groups in total. The van der Waals surface area contributed by atoms with Gasteiger partial charge in [-0.2, -0.15) is 5.26 Å². The van der Waals surface area contributed by atoms with Crippen LogP contribution >= 0.6 is 15.9 Å². The van der Waals surface area contributed by atoms with E-state index in [4.69, 9.17) is 10.00 Å². The van der Waals surface area contributed by atoms with Gasteiger partial charge in [-0.1, -0.05) is 28.1 Å². The molecule has 0 aliphatic heterocycles. The summed E-state index contributed by atoms with van der Waals surface area (Å²) >= 11 is 3.56. The van der Waals surface area contributed by atoms with Crippen molar-refractivity contribution in [1.82, 2.24) is 15.3 Å². The molecule has 0 saturated heterocycles. The Morgan fingerprint density at radius 1 is 1.22 bits per heavy atom. The third-order valence-corrected chi connectivity index (χ3v) is 5.36. The molecule has 1 aromatic heterocycles. The lowest BCUT2D eigenvalue weighted by atomic mass is 10.1. The lowest BCUT2D eigenvalue weighted by molar-refractivity contribution is -0.115. The maximum Gasteiger partial charge on any atom is 0.230 e. The highest BCUT2D eigenvalue weighted by Crippen LogP contribution is 2.32. The maximum absolute atomic E-state index is 13.0. The molecular formula is C23H21BrFN5O2. The molecule has 0 saturated carbocycles. The largest absolute Gasteiger partial charge is 0.495 e. The monoisotopic (exact) mass is 497 g/mol. The van der Waals surface area contributed by atoms with Gasteiger partial charge in [-0.3, -0.25) is 9.78 Å². The van der Waals surface area contributed by atoms with Crippen LogP contribution in [0.4, 0.5) is 10.1 Å². The molecular weight excluding hydrogens is 477 g/mol. The smallest absolute Gasteiger partial charge is 0.230 e. The number of nitrogens with one attached hydrogen (secondary N) is 2. The number of hydrogen-bond donors (Lipinski definition) is 2. The Morgan fingerprint density at radius 3 is 2.66 bits per heavy atom. The van der Waals surface area contributed by atoms with Crippen molar-refractivity contribution in [2.24, 2.45) is 0 Å². The molecule has 0 fully saturated rings. The molecule has 0 atom stereocenters. The highest BCUT2D eigenvalue weighted by Gasteiger charge is 2.13. The lowest BCUT2D eigenvalue weighted by Crippen LogP contribution is -2.18. The van der Waals surface area contributed by atoms with E-state index in [1.807, 2.05) is 12.1 Å². The summed E-state index contributed by atoms with van der Waals surface area (Å²) in [4.78, 5) is 20.4. The summed E-state index contributed by atoms with van der Waals surface area (Å²) in [5.41, 5.74) is 3.22. The number of amides is 1. The van der Waals surface area contributed by atoms with Crippen LogP contribution in [-0.4, -0.2) is 29.5 Å². The van der Waals surface area contributed by atoms with Crippen molar-refractivity contribution in [2.75, 3.05) is 19.0 Å². The molecule has 0 spiro atoms. The number of nitriles is 1. The second-order valence-corrected chi connectivity index (χ2v) is 7.78. The van der Waals surface area contributed by atoms with Gasteiger partial charge < -0.3 is 15.4 Å². The van der Waals surface area contributed by atoms with Crippen LogP contribution in [0, 0.1) is 17.1 Å². The molecule has 9 heteroatoms. The predicted octanol–water partition coefficient (Wildman–Crippen LogP) is 3.77. The molecule has 3 aromatic rings. The van der Waals surface area contributed by atoms with E-state index in [-0.39, 0.29) is 23.8 Å². The zero-order chi connectivity index (χ0) is 22.9. The van der Waals surface area contributed by atoms with E-state index in [0.717, 1.165) is 22.0 Å². The highest BCUT2D eigenvalue weighted by molar-refractivity contribution is 9.10. The van der Waals surface area contributed by atoms with E-state index in [1.54, 1.807) is 25.3 Å². The molecule has 32 heavy (non-hydrogen) atoms. The van der Waals surface area contributed by atoms with Gasteiger partial charge in [0.15, 0.2) is 5.69 Å². The topological polar surface area (TPSA) is 99.9 Å². The summed E-state index contributed by atoms with van der Waals surface area (Å²) in [6, 6.07) is 12.0. The Kier molecular flexibility index (Phi) is 8.25. The van der Waals surface area contributed by atoms with E-state index in [1.165, 1.54) is 24.5 Å². The van der Waals surface area contributed by atoms with Crippen LogP contribution in [0.15, 0.2) is 53.3 Å². The molecule has 0 aliphatic rings. The minimum atomic E-state index is -0.275. The number of aromatic nitrogens is 2. The Bertz CT molecular complexity index is 1110. The number of methoxy groups -OCH3 is 1. The summed E-state index contributed by atoms with van der Waals surface area (Å²) in [5.74, 6) is 0.0192. The van der Waals surface area contributed by atoms with E-state index in [2.05, 4.69) is 36.5 Å². The van der Waals surface area contributed by atoms with Crippen LogP contribution in [0.2, 0.25) is 0 Å². The summed E-state index contributed by atoms with van der Waals surface area (Å²) in [7, 11) is 1.54. The molecule has 1 heterocycles. The second-order valence-electron chi connectivity index (χ2n) is 6.93. The standard InChI is InChI=1S/C23H21BrFN5O2/c1-32-22-8-16(6-7-27-12-15-2-4-17(25)5-3-15)20(24)10-21(22)30-23(31)9-18-13-29-19(11-26)14-28-18/h2-5,8,10,13-14,27H,6-7,9,12H2,1H3,(H,30,31). The van der Waals surface area contributed by atoms with Crippen LogP contribution in [0.25, 0.3) is 0 Å². The number of rotatable bonds is 9. The number of carbonyl (C=O) groups excluding carboxylic acids is 1. The van der Waals surface area contributed by atoms with E-state index in [9.17, 15) is 9.18 Å². The van der Waals surface area contributed by atoms with Gasteiger partial charge in [0.2, 0.25) is 5.91 Å². The van der Waals surface area contributed by atoms with Crippen molar-refractivity contribution in [2.45, 2.75) is 19.4 Å². The first-order valence-corrected chi connectivity index (χ1v) is 10.6. The van der Waals surface area contributed by atoms with Crippen molar-refractivity contribution in [3.8, 4) is 11.8 Å². The lowest BCUT2D eigenvalue weighted by Gasteiger charge is -2.14. The van der Waals surface area contributed by atoms with Gasteiger partial charge in [0.05, 0.1) is 37.3 Å². The quantitative estimate of drug-likeness (QED) is 0.436. The van der Waals surface area contributed by atoms with E-state index < -0.39 is 0 Å². The van der Waals surface area contributed by atoms with Crippen molar-refractivity contribution in [3.63, 3.8) is 0 Å². The molecule has 3 rings (SSSR count). The predicted molar refractivity (Wildman–Crippen MR) is 122 cm³/mol. The normalized spacial score (nSPS) is 10.4. The minimum Gasteiger partial charge on any atom is -0.495 e. The van der Waals surface area contributed by atoms with Crippen molar-refractivity contribution >= 4 is 27.5 Å². The minimum absolute atomic E-state index is 0.0224. The molecule has 0 aliphatic carbocycles. The second kappa shape index (κ2) is 11.3. The average molecular weight is 498 g/mol. The zero-order valence-electron chi connectivity index (χ0n) is 17.4. The van der Waals surface area contributed by atoms with Crippen molar-refractivity contribution < 1.29 is 13.9 Å². The third kappa shape index (κ3) is 6.57. The SMILES string of the molecule is COc1cc(CCNCc2ccc(F)cc2)c(Br)cc1NC(=O)Cc1cnc(C#N)cn1. The summed E-state index contributed by atoms with van der Waals surface area (Å²) in [5, 5.41) is 14.9. The summed E-state index contributed by atoms with van der Waals surface area (Å²) in [6.45, 7) is 1.35. The Morgan fingerprint density at radius 2 is 2.00 bits per heavy atom. The first-order chi connectivity index (χ1) is 15.5. The molecule has 0 bridgehead atoms. The van der Waals surface area contributed by atoms with Gasteiger partial charge in [0.1, 0.15) is 17.6 Å². The maximum atomic E-state index is 13.0. The van der Waals surface area contributed by atoms with Gasteiger partial charge in [0.25, 0.3) is 0 Å². The van der Waals surface area contributed by atoms with E-state index >= 15 is 0 Å². The van der Waals surface area contributed by atoms with Crippen LogP contribution in [0.1, 0.15) is 22.5 Å². The molecule has 7 nitrogen and oxygen atoms in total. The molecule has 0 unspecified atom stereocenters. The Labute approximate surface area is 193 Å². The van der Waals surface area contributed by atoms with E-state index in [0.29, 0.717) is 30.2 Å². The molecule has 0 radical (unpaired) electrons. The van der Waals surface area contributed by atoms with Gasteiger partial charge in [-0.05, 0) is 48.4 Å². The first kappa shape index (κ1) is 23.3. The fourth-order valence-corrected chi connectivity index (χ4v) is 3.52. The molecule has 2 aromatic carbocycles. The number of carbonyl (C=O) groups is 1. The highest BCUT2D eigenvalue weighted by atomic mass is 79.9.